The number of ether oxygens (including phenoxy) is 2. The first-order chi connectivity index (χ1) is 7.79. The molecule has 1 amide bonds. The second kappa shape index (κ2) is 4.96. The zero-order chi connectivity index (χ0) is 11.4. The van der Waals surface area contributed by atoms with Gasteiger partial charge in [0, 0.05) is 13.7 Å². The Kier molecular flexibility index (Phi) is 3.38. The van der Waals surface area contributed by atoms with Gasteiger partial charge in [0.2, 0.25) is 0 Å². The number of hydrogen-bond donors (Lipinski definition) is 2. The summed E-state index contributed by atoms with van der Waals surface area (Å²) in [6.07, 6.45) is 0. The molecule has 16 heavy (non-hydrogen) atoms. The molecule has 2 rings (SSSR count). The first-order valence-electron chi connectivity index (χ1n) is 5.05. The maximum Gasteiger partial charge on any atom is 0.262 e. The molecule has 86 valence electrons. The number of hydrogen-bond acceptors (Lipinski definition) is 4. The number of nitrogens with one attached hydrogen (secondary N) is 2. The highest BCUT2D eigenvalue weighted by atomic mass is 16.5. The van der Waals surface area contributed by atoms with Gasteiger partial charge in [0.15, 0.2) is 6.61 Å². The van der Waals surface area contributed by atoms with Crippen LogP contribution in [0.4, 0.5) is 5.69 Å². The molecular weight excluding hydrogens is 208 g/mol. The Bertz CT molecular complexity index is 393. The SMILES string of the molecule is COCNCc1ccc2c(c1)NC(=O)CO2. The van der Waals surface area contributed by atoms with Crippen LogP contribution in [0.1, 0.15) is 5.56 Å². The Morgan fingerprint density at radius 2 is 2.44 bits per heavy atom. The molecule has 1 aromatic rings. The molecule has 2 N–H and O–H groups in total. The van der Waals surface area contributed by atoms with Crippen LogP contribution in [0.2, 0.25) is 0 Å². The summed E-state index contributed by atoms with van der Waals surface area (Å²) in [6.45, 7) is 1.28. The average Bonchev–Trinajstić information content (AvgIpc) is 2.29. The molecular formula is C11H14N2O3. The standard InChI is InChI=1S/C11H14N2O3/c1-15-7-12-5-8-2-3-10-9(4-8)13-11(14)6-16-10/h2-4,12H,5-7H2,1H3,(H,13,14). The molecule has 0 saturated carbocycles. The van der Waals surface area contributed by atoms with E-state index in [1.807, 2.05) is 18.2 Å². The summed E-state index contributed by atoms with van der Waals surface area (Å²) in [6, 6.07) is 5.71. The van der Waals surface area contributed by atoms with Crippen molar-refractivity contribution in [2.45, 2.75) is 6.54 Å². The Hall–Kier alpha value is -1.59. The van der Waals surface area contributed by atoms with Crippen LogP contribution in [0.5, 0.6) is 5.75 Å². The summed E-state index contributed by atoms with van der Waals surface area (Å²) in [5, 5.41) is 5.86. The zero-order valence-corrected chi connectivity index (χ0v) is 9.08. The van der Waals surface area contributed by atoms with E-state index >= 15 is 0 Å². The van der Waals surface area contributed by atoms with Crippen LogP contribution in [-0.2, 0) is 16.1 Å². The predicted molar refractivity (Wildman–Crippen MR) is 59.3 cm³/mol. The number of anilines is 1. The van der Waals surface area contributed by atoms with Crippen molar-refractivity contribution in [3.05, 3.63) is 23.8 Å². The molecule has 0 aromatic heterocycles. The van der Waals surface area contributed by atoms with E-state index in [0.29, 0.717) is 13.3 Å². The monoisotopic (exact) mass is 222 g/mol. The smallest absolute Gasteiger partial charge is 0.262 e. The molecule has 1 aliphatic rings. The Balaban J connectivity index is 2.06. The first-order valence-corrected chi connectivity index (χ1v) is 5.05. The van der Waals surface area contributed by atoms with E-state index in [2.05, 4.69) is 10.6 Å². The van der Waals surface area contributed by atoms with E-state index in [1.54, 1.807) is 7.11 Å². The van der Waals surface area contributed by atoms with Gasteiger partial charge in [-0.15, -0.1) is 0 Å². The lowest BCUT2D eigenvalue weighted by Gasteiger charge is -2.18. The van der Waals surface area contributed by atoms with Crippen LogP contribution >= 0.6 is 0 Å². The number of fused-ring (bicyclic) bond motifs is 1. The van der Waals surface area contributed by atoms with Gasteiger partial charge >= 0.3 is 0 Å². The lowest BCUT2D eigenvalue weighted by molar-refractivity contribution is -0.118. The fraction of sp³-hybridized carbons (Fsp3) is 0.364. The molecule has 0 unspecified atom stereocenters. The fourth-order valence-corrected chi connectivity index (χ4v) is 1.54. The molecule has 0 spiro atoms. The summed E-state index contributed by atoms with van der Waals surface area (Å²) >= 11 is 0. The fourth-order valence-electron chi connectivity index (χ4n) is 1.54. The van der Waals surface area contributed by atoms with E-state index in [9.17, 15) is 4.79 Å². The second-order valence-electron chi connectivity index (χ2n) is 3.53. The van der Waals surface area contributed by atoms with E-state index in [-0.39, 0.29) is 12.5 Å². The number of amides is 1. The van der Waals surface area contributed by atoms with Crippen LogP contribution in [0.25, 0.3) is 0 Å². The molecule has 5 heteroatoms. The predicted octanol–water partition coefficient (Wildman–Crippen LogP) is 0.711. The minimum absolute atomic E-state index is 0.0915. The third-order valence-corrected chi connectivity index (χ3v) is 2.25. The molecule has 1 heterocycles. The topological polar surface area (TPSA) is 59.6 Å². The number of methoxy groups -OCH3 is 1. The lowest BCUT2D eigenvalue weighted by atomic mass is 10.1. The van der Waals surface area contributed by atoms with E-state index in [0.717, 1.165) is 17.0 Å². The van der Waals surface area contributed by atoms with Crippen molar-refractivity contribution in [1.82, 2.24) is 5.32 Å². The average molecular weight is 222 g/mol. The lowest BCUT2D eigenvalue weighted by Crippen LogP contribution is -2.25. The minimum atomic E-state index is -0.116. The summed E-state index contributed by atoms with van der Waals surface area (Å²) in [5.41, 5.74) is 1.80. The summed E-state index contributed by atoms with van der Waals surface area (Å²) in [7, 11) is 1.63. The molecule has 1 aliphatic heterocycles. The van der Waals surface area contributed by atoms with Gasteiger partial charge in [-0.1, -0.05) is 6.07 Å². The molecule has 0 fully saturated rings. The molecule has 5 nitrogen and oxygen atoms in total. The van der Waals surface area contributed by atoms with E-state index < -0.39 is 0 Å². The highest BCUT2D eigenvalue weighted by Gasteiger charge is 2.15. The molecule has 0 aliphatic carbocycles. The highest BCUT2D eigenvalue weighted by molar-refractivity contribution is 5.95. The van der Waals surface area contributed by atoms with Gasteiger partial charge in [-0.25, -0.2) is 0 Å². The van der Waals surface area contributed by atoms with Gasteiger partial charge in [-0.2, -0.15) is 0 Å². The summed E-state index contributed by atoms with van der Waals surface area (Å²) in [5.74, 6) is 0.601. The maximum atomic E-state index is 11.1. The summed E-state index contributed by atoms with van der Waals surface area (Å²) < 4.78 is 10.1. The quantitative estimate of drug-likeness (QED) is 0.582. The van der Waals surface area contributed by atoms with Crippen molar-refractivity contribution in [2.75, 3.05) is 25.8 Å². The second-order valence-corrected chi connectivity index (χ2v) is 3.53. The van der Waals surface area contributed by atoms with Gasteiger partial charge in [0.1, 0.15) is 5.75 Å². The third-order valence-electron chi connectivity index (χ3n) is 2.25. The van der Waals surface area contributed by atoms with Gasteiger partial charge in [-0.05, 0) is 17.7 Å². The van der Waals surface area contributed by atoms with Gasteiger partial charge in [0.25, 0.3) is 5.91 Å². The van der Waals surface area contributed by atoms with Gasteiger partial charge < -0.3 is 14.8 Å². The van der Waals surface area contributed by atoms with Crippen LogP contribution in [0.3, 0.4) is 0 Å². The van der Waals surface area contributed by atoms with Crippen LogP contribution in [-0.4, -0.2) is 26.4 Å². The molecule has 1 aromatic carbocycles. The highest BCUT2D eigenvalue weighted by Crippen LogP contribution is 2.28. The van der Waals surface area contributed by atoms with Crippen molar-refractivity contribution in [2.24, 2.45) is 0 Å². The van der Waals surface area contributed by atoms with Crippen molar-refractivity contribution in [1.29, 1.82) is 0 Å². The third kappa shape index (κ3) is 2.50. The van der Waals surface area contributed by atoms with E-state index in [4.69, 9.17) is 9.47 Å². The molecule has 0 bridgehead atoms. The van der Waals surface area contributed by atoms with Crippen molar-refractivity contribution in [3.63, 3.8) is 0 Å². The first kappa shape index (κ1) is 10.9. The van der Waals surface area contributed by atoms with Crippen LogP contribution in [0.15, 0.2) is 18.2 Å². The van der Waals surface area contributed by atoms with Crippen molar-refractivity contribution in [3.8, 4) is 5.75 Å². The zero-order valence-electron chi connectivity index (χ0n) is 9.08. The molecule has 0 radical (unpaired) electrons. The maximum absolute atomic E-state index is 11.1. The number of rotatable bonds is 4. The number of benzene rings is 1. The minimum Gasteiger partial charge on any atom is -0.482 e. The van der Waals surface area contributed by atoms with Crippen LogP contribution < -0.4 is 15.4 Å². The summed E-state index contributed by atoms with van der Waals surface area (Å²) in [4.78, 5) is 11.1. The van der Waals surface area contributed by atoms with Gasteiger partial charge in [-0.3, -0.25) is 10.1 Å². The normalized spacial score (nSPS) is 13.9. The number of carbonyl (C=O) groups excluding carboxylic acids is 1. The largest absolute Gasteiger partial charge is 0.482 e. The molecule has 0 saturated heterocycles. The molecule has 0 atom stereocenters. The van der Waals surface area contributed by atoms with Gasteiger partial charge in [0.05, 0.1) is 12.4 Å². The van der Waals surface area contributed by atoms with Crippen molar-refractivity contribution < 1.29 is 14.3 Å². The Labute approximate surface area is 93.7 Å². The number of carbonyl (C=O) groups is 1. The Morgan fingerprint density at radius 3 is 3.25 bits per heavy atom. The van der Waals surface area contributed by atoms with Crippen molar-refractivity contribution >= 4 is 11.6 Å². The van der Waals surface area contributed by atoms with E-state index in [1.165, 1.54) is 0 Å². The van der Waals surface area contributed by atoms with Crippen LogP contribution in [0, 0.1) is 0 Å². The Morgan fingerprint density at radius 1 is 1.56 bits per heavy atom.